The number of fused-ring (bicyclic) bond motifs is 1. The highest BCUT2D eigenvalue weighted by Gasteiger charge is 2.47. The van der Waals surface area contributed by atoms with Crippen molar-refractivity contribution < 1.29 is 28.9 Å². The van der Waals surface area contributed by atoms with E-state index in [1.54, 1.807) is 30.0 Å². The lowest BCUT2D eigenvalue weighted by molar-refractivity contribution is -0.144. The molecule has 0 spiro atoms. The highest BCUT2D eigenvalue weighted by atomic mass is 16.7. The van der Waals surface area contributed by atoms with Crippen LogP contribution in [0.2, 0.25) is 0 Å². The third-order valence-electron chi connectivity index (χ3n) is 9.23. The molecule has 1 aromatic heterocycles. The summed E-state index contributed by atoms with van der Waals surface area (Å²) in [4.78, 5) is 45.7. The van der Waals surface area contributed by atoms with Crippen LogP contribution < -0.4 is 19.8 Å². The summed E-state index contributed by atoms with van der Waals surface area (Å²) < 4.78 is 18.4. The van der Waals surface area contributed by atoms with Crippen LogP contribution in [0.5, 0.6) is 17.2 Å². The summed E-state index contributed by atoms with van der Waals surface area (Å²) in [5.41, 5.74) is 0.622. The number of carboxylic acid groups (broad SMARTS) is 1. The molecule has 45 heavy (non-hydrogen) atoms. The molecule has 1 aromatic carbocycles. The van der Waals surface area contributed by atoms with Crippen molar-refractivity contribution in [1.29, 1.82) is 0 Å². The fourth-order valence-corrected chi connectivity index (χ4v) is 6.63. The van der Waals surface area contributed by atoms with Crippen LogP contribution in [-0.2, 0) is 16.1 Å². The number of benzene rings is 1. The second-order valence-electron chi connectivity index (χ2n) is 11.9. The number of amides is 1. The van der Waals surface area contributed by atoms with Gasteiger partial charge in [-0.15, -0.1) is 0 Å². The number of carboxylic acids is 1. The number of carbonyl (C=O) groups excluding carboxylic acids is 1. The number of unbranched alkanes of at least 4 members (excludes halogenated alkanes) is 2. The van der Waals surface area contributed by atoms with E-state index in [9.17, 15) is 19.5 Å². The highest BCUT2D eigenvalue weighted by molar-refractivity contribution is 5.79. The number of carbonyl (C=O) groups is 2. The average Bonchev–Trinajstić information content (AvgIpc) is 3.66. The first-order valence-corrected chi connectivity index (χ1v) is 16.4. The van der Waals surface area contributed by atoms with Gasteiger partial charge in [-0.2, -0.15) is 0 Å². The maximum absolute atomic E-state index is 13.9. The third-order valence-corrected chi connectivity index (χ3v) is 9.23. The summed E-state index contributed by atoms with van der Waals surface area (Å²) in [6.45, 7) is 11.8. The van der Waals surface area contributed by atoms with Gasteiger partial charge in [0.25, 0.3) is 0 Å². The molecular formula is C34H50N4O7. The van der Waals surface area contributed by atoms with E-state index in [1.807, 2.05) is 21.9 Å². The van der Waals surface area contributed by atoms with Gasteiger partial charge in [0.05, 0.1) is 19.6 Å². The Labute approximate surface area is 266 Å². The molecule has 3 atom stereocenters. The van der Waals surface area contributed by atoms with Gasteiger partial charge in [-0.1, -0.05) is 33.3 Å². The fourth-order valence-electron chi connectivity index (χ4n) is 6.63. The number of nitrogens with zero attached hydrogens (tertiary/aromatic N) is 4. The van der Waals surface area contributed by atoms with Crippen LogP contribution in [0.3, 0.4) is 0 Å². The van der Waals surface area contributed by atoms with Crippen molar-refractivity contribution in [2.45, 2.75) is 71.4 Å². The Balaban J connectivity index is 1.58. The molecule has 3 heterocycles. The van der Waals surface area contributed by atoms with Gasteiger partial charge in [-0.25, -0.2) is 0 Å². The largest absolute Gasteiger partial charge is 0.493 e. The van der Waals surface area contributed by atoms with Crippen molar-refractivity contribution in [2.75, 3.05) is 59.7 Å². The third kappa shape index (κ3) is 8.58. The molecular weight excluding hydrogens is 576 g/mol. The molecule has 2 aliphatic heterocycles. The van der Waals surface area contributed by atoms with Crippen molar-refractivity contribution in [2.24, 2.45) is 5.92 Å². The normalized spacial score (nSPS) is 19.3. The Morgan fingerprint density at radius 2 is 1.80 bits per heavy atom. The topological polar surface area (TPSA) is 114 Å². The molecule has 248 valence electrons. The van der Waals surface area contributed by atoms with Crippen molar-refractivity contribution in [3.8, 4) is 17.2 Å². The predicted molar refractivity (Wildman–Crippen MR) is 172 cm³/mol. The minimum Gasteiger partial charge on any atom is -0.493 e. The molecule has 11 nitrogen and oxygen atoms in total. The quantitative estimate of drug-likeness (QED) is 0.246. The van der Waals surface area contributed by atoms with Gasteiger partial charge >= 0.3 is 5.97 Å². The van der Waals surface area contributed by atoms with E-state index >= 15 is 0 Å². The summed E-state index contributed by atoms with van der Waals surface area (Å²) in [5.74, 6) is -0.634. The van der Waals surface area contributed by atoms with Crippen molar-refractivity contribution in [3.63, 3.8) is 0 Å². The van der Waals surface area contributed by atoms with Crippen LogP contribution in [0, 0.1) is 5.92 Å². The van der Waals surface area contributed by atoms with E-state index in [4.69, 9.17) is 14.2 Å². The van der Waals surface area contributed by atoms with Gasteiger partial charge in [0, 0.05) is 50.4 Å². The molecule has 0 bridgehead atoms. The summed E-state index contributed by atoms with van der Waals surface area (Å²) in [5, 5.41) is 10.6. The molecule has 2 aromatic rings. The fraction of sp³-hybridized carbons (Fsp3) is 0.618. The number of aromatic nitrogens is 1. The highest BCUT2D eigenvalue weighted by Crippen LogP contribution is 2.47. The zero-order chi connectivity index (χ0) is 32.3. The van der Waals surface area contributed by atoms with E-state index in [-0.39, 0.29) is 24.8 Å². The molecule has 1 amide bonds. The Morgan fingerprint density at radius 3 is 2.49 bits per heavy atom. The second kappa shape index (κ2) is 16.7. The van der Waals surface area contributed by atoms with E-state index < -0.39 is 23.8 Å². The van der Waals surface area contributed by atoms with Crippen LogP contribution in [0.15, 0.2) is 41.3 Å². The first-order chi connectivity index (χ1) is 21.8. The predicted octanol–water partition coefficient (Wildman–Crippen LogP) is 3.90. The number of aryl methyl sites for hydroxylation is 1. The first-order valence-electron chi connectivity index (χ1n) is 16.4. The van der Waals surface area contributed by atoms with E-state index in [0.717, 1.165) is 50.9 Å². The lowest BCUT2D eigenvalue weighted by Gasteiger charge is -2.30. The molecule has 0 saturated carbocycles. The number of ether oxygens (including phenoxy) is 3. The number of pyridine rings is 1. The zero-order valence-electron chi connectivity index (χ0n) is 27.3. The number of aliphatic carboxylic acids is 1. The maximum atomic E-state index is 13.9. The molecule has 0 unspecified atom stereocenters. The lowest BCUT2D eigenvalue weighted by atomic mass is 9.84. The second-order valence-corrected chi connectivity index (χ2v) is 11.9. The number of likely N-dealkylation sites (tertiary alicyclic amines) is 1. The smallest absolute Gasteiger partial charge is 0.308 e. The minimum atomic E-state index is -0.934. The Hall–Kier alpha value is -3.57. The van der Waals surface area contributed by atoms with Gasteiger partial charge in [0.15, 0.2) is 11.5 Å². The molecule has 11 heteroatoms. The van der Waals surface area contributed by atoms with Crippen molar-refractivity contribution in [1.82, 2.24) is 19.3 Å². The van der Waals surface area contributed by atoms with Crippen LogP contribution in [0.25, 0.3) is 0 Å². The molecule has 0 radical (unpaired) electrons. The molecule has 1 N–H and O–H groups in total. The van der Waals surface area contributed by atoms with Crippen LogP contribution in [-0.4, -0.2) is 102 Å². The summed E-state index contributed by atoms with van der Waals surface area (Å²) in [7, 11) is 1.54. The minimum absolute atomic E-state index is 0.0150. The van der Waals surface area contributed by atoms with Gasteiger partial charge in [-0.05, 0) is 69.1 Å². The molecule has 1 saturated heterocycles. The van der Waals surface area contributed by atoms with Crippen LogP contribution in [0.1, 0.15) is 64.4 Å². The Bertz CT molecular complexity index is 1330. The van der Waals surface area contributed by atoms with E-state index in [2.05, 4.69) is 25.7 Å². The average molecular weight is 627 g/mol. The molecule has 4 rings (SSSR count). The van der Waals surface area contributed by atoms with Gasteiger partial charge in [0.1, 0.15) is 0 Å². The van der Waals surface area contributed by atoms with Crippen molar-refractivity contribution >= 4 is 11.9 Å². The Morgan fingerprint density at radius 1 is 1.04 bits per heavy atom. The van der Waals surface area contributed by atoms with Crippen LogP contribution in [0.4, 0.5) is 0 Å². The standard InChI is InChI=1S/C34H50N4O7/c1-5-8-16-36(18-12-11-15-35(6-2)7-3)31(40)23-38-22-26(25-20-28(43-4)33-29(21-25)44-24-45-33)32(34(41)42)27(38)14-19-37-17-10-9-13-30(37)39/h9-10,13,17,20-21,26-27,32H,5-8,11-12,14-16,18-19,22-24H2,1-4H3,(H,41,42)/t26-,27-,32+/m1/s1. The van der Waals surface area contributed by atoms with Crippen molar-refractivity contribution in [3.05, 3.63) is 52.4 Å². The van der Waals surface area contributed by atoms with E-state index in [1.165, 1.54) is 6.07 Å². The number of methoxy groups -OCH3 is 1. The molecule has 0 aliphatic carbocycles. The number of hydrogen-bond acceptors (Lipinski definition) is 8. The number of hydrogen-bond donors (Lipinski definition) is 1. The summed E-state index contributed by atoms with van der Waals surface area (Å²) in [6, 6.07) is 8.17. The SMILES string of the molecule is CCCCN(CCCCN(CC)CC)C(=O)CN1C[C@H](c2cc(OC)c3c(c2)OCO3)[C@H](C(=O)O)[C@H]1CCn1ccccc1=O. The first kappa shape index (κ1) is 34.3. The summed E-state index contributed by atoms with van der Waals surface area (Å²) >= 11 is 0. The van der Waals surface area contributed by atoms with Gasteiger partial charge in [0.2, 0.25) is 24.0 Å². The van der Waals surface area contributed by atoms with Crippen LogP contribution >= 0.6 is 0 Å². The monoisotopic (exact) mass is 626 g/mol. The number of rotatable bonds is 18. The van der Waals surface area contributed by atoms with E-state index in [0.29, 0.717) is 49.8 Å². The van der Waals surface area contributed by atoms with Gasteiger partial charge < -0.3 is 33.7 Å². The molecule has 2 aliphatic rings. The van der Waals surface area contributed by atoms with Gasteiger partial charge in [-0.3, -0.25) is 19.3 Å². The summed E-state index contributed by atoms with van der Waals surface area (Å²) in [6.07, 6.45) is 5.96. The molecule has 1 fully saturated rings. The Kier molecular flexibility index (Phi) is 12.7. The zero-order valence-corrected chi connectivity index (χ0v) is 27.3. The lowest BCUT2D eigenvalue weighted by Crippen LogP contribution is -2.45. The maximum Gasteiger partial charge on any atom is 0.308 e.